The van der Waals surface area contributed by atoms with Crippen molar-refractivity contribution in [2.75, 3.05) is 6.54 Å². The van der Waals surface area contributed by atoms with Crippen LogP contribution in [0.2, 0.25) is 10.0 Å². The molecule has 184 valence electrons. The summed E-state index contributed by atoms with van der Waals surface area (Å²) in [6, 6.07) is 8.32. The summed E-state index contributed by atoms with van der Waals surface area (Å²) in [5.74, 6) is -2.11. The number of aliphatic carboxylic acids is 1. The van der Waals surface area contributed by atoms with Gasteiger partial charge in [-0.05, 0) is 41.3 Å². The molecule has 2 heterocycles. The van der Waals surface area contributed by atoms with Crippen molar-refractivity contribution in [3.63, 3.8) is 0 Å². The van der Waals surface area contributed by atoms with Crippen LogP contribution in [0.1, 0.15) is 37.8 Å². The van der Waals surface area contributed by atoms with Crippen LogP contribution in [0.3, 0.4) is 0 Å². The summed E-state index contributed by atoms with van der Waals surface area (Å²) in [4.78, 5) is 48.8. The molecule has 3 rings (SSSR count). The molecule has 0 saturated heterocycles. The molecular weight excluding hydrogens is 517 g/mol. The second-order valence-corrected chi connectivity index (χ2v) is 9.10. The average molecular weight is 538 g/mol. The summed E-state index contributed by atoms with van der Waals surface area (Å²) in [5.41, 5.74) is 0.443. The molecule has 0 spiro atoms. The molecule has 0 aliphatic carbocycles. The minimum atomic E-state index is -1.41. The van der Waals surface area contributed by atoms with Gasteiger partial charge >= 0.3 is 5.97 Å². The van der Waals surface area contributed by atoms with Gasteiger partial charge in [0.15, 0.2) is 0 Å². The van der Waals surface area contributed by atoms with Crippen molar-refractivity contribution in [1.29, 1.82) is 0 Å². The van der Waals surface area contributed by atoms with E-state index in [0.717, 1.165) is 0 Å². The van der Waals surface area contributed by atoms with Gasteiger partial charge in [0.25, 0.3) is 11.8 Å². The summed E-state index contributed by atoms with van der Waals surface area (Å²) in [6.45, 7) is -0.208. The van der Waals surface area contributed by atoms with Crippen LogP contribution in [0.15, 0.2) is 52.5 Å². The maximum absolute atomic E-state index is 12.7. The largest absolute Gasteiger partial charge is 0.480 e. The summed E-state index contributed by atoms with van der Waals surface area (Å²) in [6.07, 6.45) is 2.22. The fourth-order valence-corrected chi connectivity index (χ4v) is 4.39. The number of thiophene rings is 1. The van der Waals surface area contributed by atoms with E-state index in [-0.39, 0.29) is 41.0 Å². The van der Waals surface area contributed by atoms with E-state index in [2.05, 4.69) is 16.0 Å². The van der Waals surface area contributed by atoms with Crippen LogP contribution >= 0.6 is 34.5 Å². The molecule has 0 saturated carbocycles. The summed E-state index contributed by atoms with van der Waals surface area (Å²) in [7, 11) is 0. The van der Waals surface area contributed by atoms with Gasteiger partial charge in [-0.15, -0.1) is 11.3 Å². The Labute approximate surface area is 214 Å². The molecule has 0 radical (unpaired) electrons. The number of carbonyl (C=O) groups is 4. The number of hydrogen-bond donors (Lipinski definition) is 4. The standard InChI is InChI=1S/C23H21Cl2N3O6S/c24-15-9-13(11-26-19(29)6-5-14-3-1-7-34-14)10-16(25)20(15)22(31)28-17(23(32)33)12-27-21(30)18-4-2-8-35-18/h1-4,7-10,17H,5-6,11-12H2,(H,26,29)(H,27,30)(H,28,31)(H,32,33)/t17-/m0/s1. The first-order valence-electron chi connectivity index (χ1n) is 10.4. The molecule has 35 heavy (non-hydrogen) atoms. The third kappa shape index (κ3) is 7.57. The van der Waals surface area contributed by atoms with Crippen molar-refractivity contribution >= 4 is 58.2 Å². The number of hydrogen-bond acceptors (Lipinski definition) is 6. The van der Waals surface area contributed by atoms with Crippen LogP contribution in [-0.2, 0) is 22.6 Å². The van der Waals surface area contributed by atoms with Crippen molar-refractivity contribution in [3.05, 3.63) is 79.9 Å². The highest BCUT2D eigenvalue weighted by Crippen LogP contribution is 2.27. The highest BCUT2D eigenvalue weighted by atomic mass is 35.5. The summed E-state index contributed by atoms with van der Waals surface area (Å²) >= 11 is 13.7. The summed E-state index contributed by atoms with van der Waals surface area (Å²) in [5, 5.41) is 18.7. The maximum Gasteiger partial charge on any atom is 0.328 e. The third-order valence-corrected chi connectivity index (χ3v) is 6.28. The summed E-state index contributed by atoms with van der Waals surface area (Å²) < 4.78 is 5.19. The highest BCUT2D eigenvalue weighted by molar-refractivity contribution is 7.12. The van der Waals surface area contributed by atoms with Crippen molar-refractivity contribution in [3.8, 4) is 0 Å². The lowest BCUT2D eigenvalue weighted by atomic mass is 10.1. The second-order valence-electron chi connectivity index (χ2n) is 7.34. The molecule has 1 atom stereocenters. The molecule has 0 bridgehead atoms. The van der Waals surface area contributed by atoms with E-state index in [1.165, 1.54) is 29.7 Å². The molecule has 4 N–H and O–H groups in total. The van der Waals surface area contributed by atoms with E-state index in [1.54, 1.807) is 29.6 Å². The normalized spacial score (nSPS) is 11.5. The Hall–Kier alpha value is -3.34. The molecule has 12 heteroatoms. The molecule has 0 aliphatic heterocycles. The first-order chi connectivity index (χ1) is 16.7. The van der Waals surface area contributed by atoms with Gasteiger partial charge in [0.2, 0.25) is 5.91 Å². The van der Waals surface area contributed by atoms with Crippen LogP contribution in [0, 0.1) is 0 Å². The third-order valence-electron chi connectivity index (χ3n) is 4.81. The first-order valence-corrected chi connectivity index (χ1v) is 12.0. The minimum Gasteiger partial charge on any atom is -0.480 e. The molecule has 2 aromatic heterocycles. The van der Waals surface area contributed by atoms with Gasteiger partial charge in [0.05, 0.1) is 26.7 Å². The van der Waals surface area contributed by atoms with Crippen molar-refractivity contribution < 1.29 is 28.7 Å². The van der Waals surface area contributed by atoms with E-state index in [1.807, 2.05) is 0 Å². The molecule has 0 unspecified atom stereocenters. The smallest absolute Gasteiger partial charge is 0.328 e. The SMILES string of the molecule is O=C(CCc1ccco1)NCc1cc(Cl)c(C(=O)N[C@@H](CNC(=O)c2cccs2)C(=O)O)c(Cl)c1. The van der Waals surface area contributed by atoms with Gasteiger partial charge in [-0.25, -0.2) is 4.79 Å². The quantitative estimate of drug-likeness (QED) is 0.295. The maximum atomic E-state index is 12.7. The number of amides is 3. The Kier molecular flexibility index (Phi) is 9.30. The monoisotopic (exact) mass is 537 g/mol. The number of furan rings is 1. The number of nitrogens with one attached hydrogen (secondary N) is 3. The van der Waals surface area contributed by atoms with E-state index < -0.39 is 23.8 Å². The Bertz CT molecular complexity index is 1180. The predicted molar refractivity (Wildman–Crippen MR) is 131 cm³/mol. The molecule has 3 aromatic rings. The fraction of sp³-hybridized carbons (Fsp3) is 0.217. The van der Waals surface area contributed by atoms with Crippen LogP contribution in [-0.4, -0.2) is 41.4 Å². The number of carboxylic acid groups (broad SMARTS) is 1. The number of benzene rings is 1. The van der Waals surface area contributed by atoms with Gasteiger partial charge in [0, 0.05) is 25.9 Å². The van der Waals surface area contributed by atoms with Crippen molar-refractivity contribution in [2.45, 2.75) is 25.4 Å². The number of carboxylic acids is 1. The number of halogens is 2. The van der Waals surface area contributed by atoms with Gasteiger partial charge in [-0.1, -0.05) is 29.3 Å². The van der Waals surface area contributed by atoms with Crippen molar-refractivity contribution in [2.24, 2.45) is 0 Å². The van der Waals surface area contributed by atoms with Crippen LogP contribution < -0.4 is 16.0 Å². The van der Waals surface area contributed by atoms with Crippen LogP contribution in [0.4, 0.5) is 0 Å². The van der Waals surface area contributed by atoms with Crippen molar-refractivity contribution in [1.82, 2.24) is 16.0 Å². The molecular formula is C23H21Cl2N3O6S. The highest BCUT2D eigenvalue weighted by Gasteiger charge is 2.25. The Morgan fingerprint density at radius 3 is 2.37 bits per heavy atom. The molecule has 0 aliphatic rings. The van der Waals surface area contributed by atoms with Crippen LogP contribution in [0.25, 0.3) is 0 Å². The van der Waals surface area contributed by atoms with Gasteiger partial charge < -0.3 is 25.5 Å². The zero-order chi connectivity index (χ0) is 25.4. The number of aryl methyl sites for hydroxylation is 1. The van der Waals surface area contributed by atoms with E-state index >= 15 is 0 Å². The molecule has 3 amide bonds. The first kappa shape index (κ1) is 26.3. The fourth-order valence-electron chi connectivity index (χ4n) is 3.05. The number of carbonyl (C=O) groups excluding carboxylic acids is 3. The molecule has 0 fully saturated rings. The zero-order valence-corrected chi connectivity index (χ0v) is 20.5. The molecule has 9 nitrogen and oxygen atoms in total. The average Bonchev–Trinajstić information content (AvgIpc) is 3.52. The molecule has 1 aromatic carbocycles. The van der Waals surface area contributed by atoms with E-state index in [9.17, 15) is 24.3 Å². The topological polar surface area (TPSA) is 138 Å². The Balaban J connectivity index is 1.57. The van der Waals surface area contributed by atoms with E-state index in [0.29, 0.717) is 22.6 Å². The lowest BCUT2D eigenvalue weighted by Gasteiger charge is -2.17. The van der Waals surface area contributed by atoms with Gasteiger partial charge in [0.1, 0.15) is 11.8 Å². The predicted octanol–water partition coefficient (Wildman–Crippen LogP) is 3.51. The zero-order valence-electron chi connectivity index (χ0n) is 18.2. The van der Waals surface area contributed by atoms with Gasteiger partial charge in [-0.2, -0.15) is 0 Å². The minimum absolute atomic E-state index is 0.0124. The lowest BCUT2D eigenvalue weighted by molar-refractivity contribution is -0.139. The van der Waals surface area contributed by atoms with Gasteiger partial charge in [-0.3, -0.25) is 14.4 Å². The second kappa shape index (κ2) is 12.4. The van der Waals surface area contributed by atoms with E-state index in [4.69, 9.17) is 27.6 Å². The Morgan fingerprint density at radius 1 is 1.03 bits per heavy atom. The van der Waals surface area contributed by atoms with Crippen LogP contribution in [0.5, 0.6) is 0 Å². The number of rotatable bonds is 11. The lowest BCUT2D eigenvalue weighted by Crippen LogP contribution is -2.48. The Morgan fingerprint density at radius 2 is 1.77 bits per heavy atom.